The zero-order valence-corrected chi connectivity index (χ0v) is 10.4. The summed E-state index contributed by atoms with van der Waals surface area (Å²) in [4.78, 5) is 1.45. The molecule has 0 radical (unpaired) electrons. The second-order valence-electron chi connectivity index (χ2n) is 4.11. The zero-order valence-electron chi connectivity index (χ0n) is 9.61. The van der Waals surface area contributed by atoms with Crippen molar-refractivity contribution in [3.8, 4) is 0 Å². The predicted molar refractivity (Wildman–Crippen MR) is 66.3 cm³/mol. The molecule has 0 aliphatic rings. The van der Waals surface area contributed by atoms with Gasteiger partial charge in [-0.3, -0.25) is 0 Å². The third-order valence-corrected chi connectivity index (χ3v) is 3.16. The fourth-order valence-electron chi connectivity index (χ4n) is 1.39. The maximum absolute atomic E-state index is 5.94. The minimum atomic E-state index is 0.187. The molecule has 1 heterocycles. The summed E-state index contributed by atoms with van der Waals surface area (Å²) in [5, 5.41) is 2.12. The number of thiophene rings is 1. The number of rotatable bonds is 7. The Bertz CT molecular complexity index is 246. The molecule has 0 spiro atoms. The molecule has 2 nitrogen and oxygen atoms in total. The second kappa shape index (κ2) is 6.99. The van der Waals surface area contributed by atoms with Crippen LogP contribution in [0.25, 0.3) is 0 Å². The summed E-state index contributed by atoms with van der Waals surface area (Å²) >= 11 is 1.82. The fourth-order valence-corrected chi connectivity index (χ4v) is 2.14. The molecule has 1 aromatic heterocycles. The molecule has 0 aromatic carbocycles. The Hall–Kier alpha value is -0.380. The Morgan fingerprint density at radius 2 is 2.27 bits per heavy atom. The van der Waals surface area contributed by atoms with Gasteiger partial charge in [0.1, 0.15) is 0 Å². The van der Waals surface area contributed by atoms with Gasteiger partial charge in [0, 0.05) is 10.9 Å². The summed E-state index contributed by atoms with van der Waals surface area (Å²) in [6.07, 6.45) is 3.63. The Morgan fingerprint density at radius 1 is 1.47 bits per heavy atom. The van der Waals surface area contributed by atoms with E-state index in [1.807, 2.05) is 25.2 Å². The van der Waals surface area contributed by atoms with Crippen molar-refractivity contribution in [1.82, 2.24) is 0 Å². The zero-order chi connectivity index (χ0) is 11.1. The van der Waals surface area contributed by atoms with Crippen LogP contribution in [0.5, 0.6) is 0 Å². The van der Waals surface area contributed by atoms with E-state index in [-0.39, 0.29) is 12.1 Å². The topological polar surface area (TPSA) is 35.2 Å². The molecule has 1 rings (SSSR count). The molecule has 0 saturated carbocycles. The minimum Gasteiger partial charge on any atom is -0.377 e. The van der Waals surface area contributed by atoms with Gasteiger partial charge in [0.25, 0.3) is 0 Å². The molecule has 0 amide bonds. The third kappa shape index (κ3) is 5.92. The highest BCUT2D eigenvalue weighted by atomic mass is 32.1. The van der Waals surface area contributed by atoms with Crippen molar-refractivity contribution in [2.24, 2.45) is 5.73 Å². The lowest BCUT2D eigenvalue weighted by Gasteiger charge is -2.13. The number of hydrogen-bond donors (Lipinski definition) is 1. The van der Waals surface area contributed by atoms with Crippen molar-refractivity contribution in [3.63, 3.8) is 0 Å². The first kappa shape index (κ1) is 12.7. The van der Waals surface area contributed by atoms with Crippen LogP contribution in [-0.4, -0.2) is 18.8 Å². The lowest BCUT2D eigenvalue weighted by Crippen LogP contribution is -2.27. The Labute approximate surface area is 96.4 Å². The summed E-state index contributed by atoms with van der Waals surface area (Å²) in [6.45, 7) is 4.76. The molecule has 0 fully saturated rings. The number of nitrogens with two attached hydrogens (primary N) is 1. The summed E-state index contributed by atoms with van der Waals surface area (Å²) in [5.74, 6) is 0. The van der Waals surface area contributed by atoms with Gasteiger partial charge < -0.3 is 10.5 Å². The van der Waals surface area contributed by atoms with E-state index in [0.717, 1.165) is 19.3 Å². The van der Waals surface area contributed by atoms with Gasteiger partial charge in [0.05, 0.1) is 12.7 Å². The highest BCUT2D eigenvalue weighted by Crippen LogP contribution is 2.12. The van der Waals surface area contributed by atoms with Gasteiger partial charge in [0.15, 0.2) is 0 Å². The molecule has 0 bridgehead atoms. The maximum Gasteiger partial charge on any atom is 0.0620 e. The normalized spacial score (nSPS) is 13.3. The lowest BCUT2D eigenvalue weighted by molar-refractivity contribution is 0.0666. The van der Waals surface area contributed by atoms with Crippen molar-refractivity contribution in [3.05, 3.63) is 22.4 Å². The summed E-state index contributed by atoms with van der Waals surface area (Å²) < 4.78 is 5.47. The van der Waals surface area contributed by atoms with Crippen molar-refractivity contribution in [2.75, 3.05) is 6.61 Å². The van der Waals surface area contributed by atoms with E-state index < -0.39 is 0 Å². The molecule has 86 valence electrons. The van der Waals surface area contributed by atoms with E-state index in [0.29, 0.717) is 6.61 Å². The van der Waals surface area contributed by atoms with E-state index in [1.54, 1.807) is 0 Å². The lowest BCUT2D eigenvalue weighted by atomic mass is 10.1. The van der Waals surface area contributed by atoms with Crippen molar-refractivity contribution >= 4 is 11.3 Å². The van der Waals surface area contributed by atoms with E-state index in [1.165, 1.54) is 4.88 Å². The van der Waals surface area contributed by atoms with E-state index >= 15 is 0 Å². The SMILES string of the molecule is CC(C)OCC(N)CCCc1cccs1. The number of hydrogen-bond acceptors (Lipinski definition) is 3. The third-order valence-electron chi connectivity index (χ3n) is 2.22. The van der Waals surface area contributed by atoms with Crippen molar-refractivity contribution in [1.29, 1.82) is 0 Å². The van der Waals surface area contributed by atoms with Gasteiger partial charge in [0.2, 0.25) is 0 Å². The maximum atomic E-state index is 5.94. The van der Waals surface area contributed by atoms with Crippen LogP contribution < -0.4 is 5.73 Å². The monoisotopic (exact) mass is 227 g/mol. The molecule has 15 heavy (non-hydrogen) atoms. The largest absolute Gasteiger partial charge is 0.377 e. The Balaban J connectivity index is 2.04. The molecular weight excluding hydrogens is 206 g/mol. The average molecular weight is 227 g/mol. The van der Waals surface area contributed by atoms with E-state index in [9.17, 15) is 0 Å². The predicted octanol–water partition coefficient (Wildman–Crippen LogP) is 2.82. The quantitative estimate of drug-likeness (QED) is 0.777. The number of aryl methyl sites for hydroxylation is 1. The fraction of sp³-hybridized carbons (Fsp3) is 0.667. The molecular formula is C12H21NOS. The summed E-state index contributed by atoms with van der Waals surface area (Å²) in [6, 6.07) is 4.47. The molecule has 1 atom stereocenters. The molecule has 0 saturated heterocycles. The van der Waals surface area contributed by atoms with Gasteiger partial charge in [-0.05, 0) is 44.6 Å². The molecule has 3 heteroatoms. The molecule has 0 aliphatic carbocycles. The van der Waals surface area contributed by atoms with Crippen LogP contribution in [0, 0.1) is 0 Å². The average Bonchev–Trinajstić information content (AvgIpc) is 2.67. The standard InChI is InChI=1S/C12H21NOS/c1-10(2)14-9-11(13)5-3-6-12-7-4-8-15-12/h4,7-8,10-11H,3,5-6,9,13H2,1-2H3. The van der Waals surface area contributed by atoms with E-state index in [2.05, 4.69) is 17.5 Å². The molecule has 1 unspecified atom stereocenters. The van der Waals surface area contributed by atoms with Crippen LogP contribution >= 0.6 is 11.3 Å². The van der Waals surface area contributed by atoms with E-state index in [4.69, 9.17) is 10.5 Å². The minimum absolute atomic E-state index is 0.187. The van der Waals surface area contributed by atoms with Crippen LogP contribution in [0.15, 0.2) is 17.5 Å². The Kier molecular flexibility index (Phi) is 5.91. The van der Waals surface area contributed by atoms with Crippen molar-refractivity contribution < 1.29 is 4.74 Å². The highest BCUT2D eigenvalue weighted by molar-refractivity contribution is 7.09. The van der Waals surface area contributed by atoms with Crippen LogP contribution in [0.3, 0.4) is 0 Å². The van der Waals surface area contributed by atoms with Gasteiger partial charge in [-0.1, -0.05) is 6.07 Å². The first-order valence-corrected chi connectivity index (χ1v) is 6.46. The molecule has 2 N–H and O–H groups in total. The van der Waals surface area contributed by atoms with Crippen LogP contribution in [0.4, 0.5) is 0 Å². The smallest absolute Gasteiger partial charge is 0.0620 e. The van der Waals surface area contributed by atoms with Crippen molar-refractivity contribution in [2.45, 2.75) is 45.3 Å². The molecule has 0 aliphatic heterocycles. The van der Waals surface area contributed by atoms with Gasteiger partial charge in [-0.15, -0.1) is 11.3 Å². The second-order valence-corrected chi connectivity index (χ2v) is 5.15. The number of ether oxygens (including phenoxy) is 1. The van der Waals surface area contributed by atoms with Gasteiger partial charge in [-0.25, -0.2) is 0 Å². The van der Waals surface area contributed by atoms with Gasteiger partial charge in [-0.2, -0.15) is 0 Å². The molecule has 1 aromatic rings. The van der Waals surface area contributed by atoms with Crippen LogP contribution in [0.2, 0.25) is 0 Å². The van der Waals surface area contributed by atoms with Crippen LogP contribution in [0.1, 0.15) is 31.6 Å². The first-order chi connectivity index (χ1) is 7.18. The highest BCUT2D eigenvalue weighted by Gasteiger charge is 2.04. The first-order valence-electron chi connectivity index (χ1n) is 5.58. The summed E-state index contributed by atoms with van der Waals surface area (Å²) in [5.41, 5.74) is 5.94. The summed E-state index contributed by atoms with van der Waals surface area (Å²) in [7, 11) is 0. The Morgan fingerprint density at radius 3 is 2.87 bits per heavy atom. The van der Waals surface area contributed by atoms with Crippen LogP contribution in [-0.2, 0) is 11.2 Å². The van der Waals surface area contributed by atoms with Gasteiger partial charge >= 0.3 is 0 Å².